The summed E-state index contributed by atoms with van der Waals surface area (Å²) in [7, 11) is 0. The van der Waals surface area contributed by atoms with Crippen LogP contribution < -0.4 is 0 Å². The van der Waals surface area contributed by atoms with Gasteiger partial charge in [-0.15, -0.1) is 10.2 Å². The molecule has 5 aromatic rings. The zero-order valence-corrected chi connectivity index (χ0v) is 26.0. The SMILES string of the molecule is CCC(Sc1nnc2c3ccccc3n(Cc3ccccc3C)c2n1)C(=O)N1CCN(C(=O)c2ccc(Cl)cc2)C(C)C1. The van der Waals surface area contributed by atoms with E-state index in [1.807, 2.05) is 47.9 Å². The van der Waals surface area contributed by atoms with Crippen molar-refractivity contribution < 1.29 is 9.59 Å². The molecule has 0 aliphatic carbocycles. The van der Waals surface area contributed by atoms with Crippen LogP contribution in [0, 0.1) is 6.92 Å². The highest BCUT2D eigenvalue weighted by atomic mass is 35.5. The number of benzene rings is 3. The molecule has 8 nitrogen and oxygen atoms in total. The van der Waals surface area contributed by atoms with Crippen LogP contribution >= 0.6 is 23.4 Å². The van der Waals surface area contributed by atoms with Crippen LogP contribution in [0.2, 0.25) is 5.02 Å². The average molecular weight is 613 g/mol. The molecule has 0 spiro atoms. The third-order valence-corrected chi connectivity index (χ3v) is 9.58. The molecule has 0 saturated carbocycles. The summed E-state index contributed by atoms with van der Waals surface area (Å²) in [6.07, 6.45) is 0.620. The third-order valence-electron chi connectivity index (χ3n) is 8.13. The number of aryl methyl sites for hydroxylation is 1. The number of hydrogen-bond acceptors (Lipinski definition) is 6. The van der Waals surface area contributed by atoms with Gasteiger partial charge in [0.2, 0.25) is 11.1 Å². The Balaban J connectivity index is 1.21. The van der Waals surface area contributed by atoms with Crippen molar-refractivity contribution in [3.8, 4) is 0 Å². The summed E-state index contributed by atoms with van der Waals surface area (Å²) in [6, 6.07) is 23.3. The molecule has 0 N–H and O–H groups in total. The van der Waals surface area contributed by atoms with E-state index in [4.69, 9.17) is 16.6 Å². The number of hydrogen-bond donors (Lipinski definition) is 0. The zero-order chi connectivity index (χ0) is 30.1. The Hall–Kier alpha value is -3.95. The molecule has 10 heteroatoms. The second kappa shape index (κ2) is 12.3. The monoisotopic (exact) mass is 612 g/mol. The average Bonchev–Trinajstić information content (AvgIpc) is 3.33. The molecule has 0 radical (unpaired) electrons. The zero-order valence-electron chi connectivity index (χ0n) is 24.4. The van der Waals surface area contributed by atoms with E-state index >= 15 is 0 Å². The molecule has 43 heavy (non-hydrogen) atoms. The second-order valence-corrected chi connectivity index (χ2v) is 12.6. The van der Waals surface area contributed by atoms with E-state index in [2.05, 4.69) is 46.0 Å². The fourth-order valence-corrected chi connectivity index (χ4v) is 6.74. The number of fused-ring (bicyclic) bond motifs is 3. The number of carbonyl (C=O) groups excluding carboxylic acids is 2. The van der Waals surface area contributed by atoms with Crippen LogP contribution in [0.3, 0.4) is 0 Å². The molecule has 220 valence electrons. The Morgan fingerprint density at radius 2 is 1.74 bits per heavy atom. The molecule has 1 saturated heterocycles. The van der Waals surface area contributed by atoms with E-state index in [0.717, 1.165) is 22.1 Å². The van der Waals surface area contributed by atoms with Crippen LogP contribution in [0.4, 0.5) is 0 Å². The Morgan fingerprint density at radius 3 is 2.49 bits per heavy atom. The fourth-order valence-electron chi connectivity index (χ4n) is 5.71. The normalized spacial score (nSPS) is 16.1. The molecular formula is C33H33ClN6O2S. The number of amides is 2. The molecule has 3 heterocycles. The molecule has 1 aliphatic rings. The van der Waals surface area contributed by atoms with Gasteiger partial charge in [-0.05, 0) is 61.7 Å². The van der Waals surface area contributed by atoms with E-state index < -0.39 is 0 Å². The predicted octanol–water partition coefficient (Wildman–Crippen LogP) is 6.23. The lowest BCUT2D eigenvalue weighted by molar-refractivity contribution is -0.133. The van der Waals surface area contributed by atoms with Crippen LogP contribution in [-0.4, -0.2) is 72.3 Å². The van der Waals surface area contributed by atoms with Crippen molar-refractivity contribution in [2.75, 3.05) is 19.6 Å². The van der Waals surface area contributed by atoms with Gasteiger partial charge in [0, 0.05) is 48.2 Å². The summed E-state index contributed by atoms with van der Waals surface area (Å²) in [6.45, 7) is 8.17. The molecule has 3 aromatic carbocycles. The fraction of sp³-hybridized carbons (Fsp3) is 0.303. The first kappa shape index (κ1) is 29.1. The van der Waals surface area contributed by atoms with Crippen molar-refractivity contribution in [2.45, 2.75) is 50.2 Å². The van der Waals surface area contributed by atoms with Crippen molar-refractivity contribution in [1.29, 1.82) is 0 Å². The molecule has 6 rings (SSSR count). The van der Waals surface area contributed by atoms with Gasteiger partial charge in [-0.1, -0.05) is 72.8 Å². The topological polar surface area (TPSA) is 84.2 Å². The van der Waals surface area contributed by atoms with E-state index in [9.17, 15) is 9.59 Å². The van der Waals surface area contributed by atoms with Crippen molar-refractivity contribution in [1.82, 2.24) is 29.5 Å². The standard InChI is InChI=1S/C33H33ClN6O2S/c1-4-28(32(42)38-17-18-39(22(3)19-38)31(41)23-13-15-25(34)16-14-23)43-33-35-30-29(36-37-33)26-11-7-8-12-27(26)40(30)20-24-10-6-5-9-21(24)2/h5-16,22,28H,4,17-20H2,1-3H3. The lowest BCUT2D eigenvalue weighted by Crippen LogP contribution is -2.56. The van der Waals surface area contributed by atoms with Crippen molar-refractivity contribution in [3.63, 3.8) is 0 Å². The van der Waals surface area contributed by atoms with Gasteiger partial charge in [-0.25, -0.2) is 4.98 Å². The summed E-state index contributed by atoms with van der Waals surface area (Å²) in [4.78, 5) is 35.5. The van der Waals surface area contributed by atoms with Crippen LogP contribution in [0.15, 0.2) is 78.0 Å². The largest absolute Gasteiger partial charge is 0.338 e. The van der Waals surface area contributed by atoms with Gasteiger partial charge < -0.3 is 14.4 Å². The Labute approximate surface area is 260 Å². The lowest BCUT2D eigenvalue weighted by atomic mass is 10.1. The summed E-state index contributed by atoms with van der Waals surface area (Å²) >= 11 is 7.35. The quantitative estimate of drug-likeness (QED) is 0.203. The van der Waals surface area contributed by atoms with Gasteiger partial charge in [0.05, 0.1) is 10.8 Å². The van der Waals surface area contributed by atoms with Crippen molar-refractivity contribution in [2.24, 2.45) is 0 Å². The molecule has 2 unspecified atom stereocenters. The minimum atomic E-state index is -0.362. The summed E-state index contributed by atoms with van der Waals surface area (Å²) in [5.74, 6) is -0.0198. The molecule has 2 aromatic heterocycles. The molecule has 1 fully saturated rings. The maximum atomic E-state index is 13.7. The number of para-hydroxylation sites is 1. The summed E-state index contributed by atoms with van der Waals surface area (Å²) in [5, 5.41) is 10.8. The number of thioether (sulfide) groups is 1. The molecule has 0 bridgehead atoms. The summed E-state index contributed by atoms with van der Waals surface area (Å²) in [5.41, 5.74) is 5.58. The minimum Gasteiger partial charge on any atom is -0.338 e. The van der Waals surface area contributed by atoms with Gasteiger partial charge in [0.15, 0.2) is 5.65 Å². The molecule has 1 aliphatic heterocycles. The van der Waals surface area contributed by atoms with Crippen LogP contribution in [0.5, 0.6) is 0 Å². The highest BCUT2D eigenvalue weighted by molar-refractivity contribution is 8.00. The van der Waals surface area contributed by atoms with Crippen LogP contribution in [-0.2, 0) is 11.3 Å². The smallest absolute Gasteiger partial charge is 0.254 e. The van der Waals surface area contributed by atoms with E-state index in [1.165, 1.54) is 22.9 Å². The predicted molar refractivity (Wildman–Crippen MR) is 172 cm³/mol. The highest BCUT2D eigenvalue weighted by Gasteiger charge is 2.33. The first-order valence-electron chi connectivity index (χ1n) is 14.5. The lowest BCUT2D eigenvalue weighted by Gasteiger charge is -2.40. The Kier molecular flexibility index (Phi) is 8.36. The molecule has 2 atom stereocenters. The number of nitrogens with zero attached hydrogens (tertiary/aromatic N) is 6. The van der Waals surface area contributed by atoms with Crippen molar-refractivity contribution in [3.05, 3.63) is 94.5 Å². The highest BCUT2D eigenvalue weighted by Crippen LogP contribution is 2.31. The number of piperazine rings is 1. The Morgan fingerprint density at radius 1 is 1.00 bits per heavy atom. The number of aromatic nitrogens is 4. The first-order chi connectivity index (χ1) is 20.8. The maximum absolute atomic E-state index is 13.7. The van der Waals surface area contributed by atoms with Gasteiger partial charge in [0.1, 0.15) is 5.52 Å². The number of halogens is 1. The number of carbonyl (C=O) groups is 2. The first-order valence-corrected chi connectivity index (χ1v) is 15.8. The molecular weight excluding hydrogens is 580 g/mol. The van der Waals surface area contributed by atoms with Crippen molar-refractivity contribution >= 4 is 57.2 Å². The van der Waals surface area contributed by atoms with E-state index in [1.54, 1.807) is 24.3 Å². The Bertz CT molecular complexity index is 1810. The van der Waals surface area contributed by atoms with E-state index in [0.29, 0.717) is 48.3 Å². The van der Waals surface area contributed by atoms with Gasteiger partial charge in [-0.3, -0.25) is 9.59 Å². The second-order valence-electron chi connectivity index (χ2n) is 10.9. The van der Waals surface area contributed by atoms with Gasteiger partial charge >= 0.3 is 0 Å². The third kappa shape index (κ3) is 5.84. The maximum Gasteiger partial charge on any atom is 0.254 e. The van der Waals surface area contributed by atoms with Gasteiger partial charge in [0.25, 0.3) is 5.91 Å². The molecule has 2 amide bonds. The van der Waals surface area contributed by atoms with Crippen LogP contribution in [0.1, 0.15) is 41.8 Å². The van der Waals surface area contributed by atoms with Gasteiger partial charge in [-0.2, -0.15) is 0 Å². The van der Waals surface area contributed by atoms with Crippen LogP contribution in [0.25, 0.3) is 22.1 Å². The number of rotatable bonds is 7. The van der Waals surface area contributed by atoms with E-state index in [-0.39, 0.29) is 23.1 Å². The minimum absolute atomic E-state index is 0.0297. The summed E-state index contributed by atoms with van der Waals surface area (Å²) < 4.78 is 2.19.